The molecule has 1 nitrogen and oxygen atoms in total. The third-order valence-corrected chi connectivity index (χ3v) is 2.64. The zero-order chi connectivity index (χ0) is 12.4. The molecule has 0 aliphatic rings. The minimum absolute atomic E-state index is 0.00895. The molecule has 0 unspecified atom stereocenters. The van der Waals surface area contributed by atoms with Gasteiger partial charge in [0.2, 0.25) is 0 Å². The molecule has 0 radical (unpaired) electrons. The summed E-state index contributed by atoms with van der Waals surface area (Å²) in [5.41, 5.74) is 0.541. The molecule has 2 aromatic carbocycles. The van der Waals surface area contributed by atoms with E-state index in [0.29, 0.717) is 5.56 Å². The molecule has 17 heavy (non-hydrogen) atoms. The normalized spacial score (nSPS) is 10.0. The largest absolute Gasteiger partial charge is 0.206 e. The van der Waals surface area contributed by atoms with Crippen molar-refractivity contribution in [1.82, 2.24) is 0 Å². The molecule has 0 fully saturated rings. The quantitative estimate of drug-likeness (QED) is 0.745. The van der Waals surface area contributed by atoms with Crippen molar-refractivity contribution in [2.24, 2.45) is 0 Å². The summed E-state index contributed by atoms with van der Waals surface area (Å²) in [7, 11) is 0. The first kappa shape index (κ1) is 11.6. The summed E-state index contributed by atoms with van der Waals surface area (Å²) in [6.07, 6.45) is 0. The van der Waals surface area contributed by atoms with E-state index in [4.69, 9.17) is 16.9 Å². The Kier molecular flexibility index (Phi) is 3.08. The zero-order valence-corrected chi connectivity index (χ0v) is 9.30. The van der Waals surface area contributed by atoms with Crippen LogP contribution in [0, 0.1) is 23.0 Å². The molecule has 0 aliphatic heterocycles. The molecule has 0 bridgehead atoms. The molecular formula is C13H6ClF2N. The van der Waals surface area contributed by atoms with Gasteiger partial charge in [0.05, 0.1) is 10.6 Å². The van der Waals surface area contributed by atoms with Crippen LogP contribution in [0.5, 0.6) is 0 Å². The molecule has 0 saturated heterocycles. The van der Waals surface area contributed by atoms with E-state index in [1.54, 1.807) is 12.1 Å². The number of hydrogen-bond donors (Lipinski definition) is 0. The monoisotopic (exact) mass is 249 g/mol. The highest BCUT2D eigenvalue weighted by atomic mass is 35.5. The average Bonchev–Trinajstić information content (AvgIpc) is 2.34. The number of nitrogens with zero attached hydrogens (tertiary/aromatic N) is 1. The first-order chi connectivity index (χ1) is 8.13. The summed E-state index contributed by atoms with van der Waals surface area (Å²) in [4.78, 5) is 0. The highest BCUT2D eigenvalue weighted by Crippen LogP contribution is 2.28. The maximum atomic E-state index is 13.7. The Labute approximate surface area is 102 Å². The number of rotatable bonds is 1. The van der Waals surface area contributed by atoms with Gasteiger partial charge in [-0.2, -0.15) is 5.26 Å². The van der Waals surface area contributed by atoms with Crippen LogP contribution < -0.4 is 0 Å². The summed E-state index contributed by atoms with van der Waals surface area (Å²) < 4.78 is 26.8. The van der Waals surface area contributed by atoms with Crippen molar-refractivity contribution in [2.75, 3.05) is 0 Å². The first-order valence-corrected chi connectivity index (χ1v) is 5.15. The molecule has 84 valence electrons. The van der Waals surface area contributed by atoms with Crippen molar-refractivity contribution in [3.63, 3.8) is 0 Å². The fraction of sp³-hybridized carbons (Fsp3) is 0. The van der Waals surface area contributed by atoms with Crippen LogP contribution >= 0.6 is 11.6 Å². The van der Waals surface area contributed by atoms with E-state index in [0.717, 1.165) is 6.07 Å². The maximum Gasteiger partial charge on any atom is 0.149 e. The molecule has 4 heteroatoms. The Bertz CT molecular complexity index is 617. The van der Waals surface area contributed by atoms with Crippen LogP contribution in [-0.4, -0.2) is 0 Å². The van der Waals surface area contributed by atoms with Gasteiger partial charge in [-0.25, -0.2) is 8.78 Å². The van der Waals surface area contributed by atoms with Gasteiger partial charge in [-0.05, 0) is 23.8 Å². The fourth-order valence-corrected chi connectivity index (χ4v) is 1.68. The first-order valence-electron chi connectivity index (χ1n) is 4.77. The zero-order valence-electron chi connectivity index (χ0n) is 8.55. The van der Waals surface area contributed by atoms with Gasteiger partial charge in [-0.1, -0.05) is 29.8 Å². The van der Waals surface area contributed by atoms with Crippen LogP contribution in [0.2, 0.25) is 5.02 Å². The number of benzene rings is 2. The lowest BCUT2D eigenvalue weighted by atomic mass is 10.0. The van der Waals surface area contributed by atoms with Gasteiger partial charge in [0.1, 0.15) is 17.7 Å². The minimum atomic E-state index is -0.626. The molecule has 0 aliphatic carbocycles. The van der Waals surface area contributed by atoms with Crippen molar-refractivity contribution < 1.29 is 8.78 Å². The molecule has 0 heterocycles. The van der Waals surface area contributed by atoms with Crippen molar-refractivity contribution in [2.45, 2.75) is 0 Å². The van der Waals surface area contributed by atoms with E-state index in [1.807, 2.05) is 0 Å². The topological polar surface area (TPSA) is 23.8 Å². The Morgan fingerprint density at radius 1 is 1.12 bits per heavy atom. The van der Waals surface area contributed by atoms with Crippen LogP contribution in [0.3, 0.4) is 0 Å². The molecular weight excluding hydrogens is 244 g/mol. The number of nitriles is 1. The van der Waals surface area contributed by atoms with Crippen LogP contribution in [0.25, 0.3) is 11.1 Å². The Morgan fingerprint density at radius 3 is 2.59 bits per heavy atom. The highest BCUT2D eigenvalue weighted by molar-refractivity contribution is 6.31. The highest BCUT2D eigenvalue weighted by Gasteiger charge is 2.10. The van der Waals surface area contributed by atoms with Gasteiger partial charge in [0.25, 0.3) is 0 Å². The predicted molar refractivity (Wildman–Crippen MR) is 61.5 cm³/mol. The molecule has 0 spiro atoms. The van der Waals surface area contributed by atoms with E-state index >= 15 is 0 Å². The van der Waals surface area contributed by atoms with Gasteiger partial charge in [0.15, 0.2) is 0 Å². The van der Waals surface area contributed by atoms with Crippen LogP contribution in [0.15, 0.2) is 36.4 Å². The lowest BCUT2D eigenvalue weighted by molar-refractivity contribution is 0.622. The fourth-order valence-electron chi connectivity index (χ4n) is 1.51. The number of hydrogen-bond acceptors (Lipinski definition) is 1. The van der Waals surface area contributed by atoms with E-state index < -0.39 is 11.6 Å². The molecule has 0 atom stereocenters. The third kappa shape index (κ3) is 2.13. The predicted octanol–water partition coefficient (Wildman–Crippen LogP) is 4.16. The second kappa shape index (κ2) is 4.52. The average molecular weight is 250 g/mol. The van der Waals surface area contributed by atoms with Gasteiger partial charge in [0, 0.05) is 5.56 Å². The Hall–Kier alpha value is -1.92. The van der Waals surface area contributed by atoms with Crippen LogP contribution in [0.4, 0.5) is 8.78 Å². The van der Waals surface area contributed by atoms with Gasteiger partial charge < -0.3 is 0 Å². The second-order valence-corrected chi connectivity index (χ2v) is 3.82. The van der Waals surface area contributed by atoms with Crippen LogP contribution in [-0.2, 0) is 0 Å². The molecule has 2 rings (SSSR count). The van der Waals surface area contributed by atoms with Crippen molar-refractivity contribution in [1.29, 1.82) is 5.26 Å². The molecule has 0 amide bonds. The molecule has 0 saturated carbocycles. The van der Waals surface area contributed by atoms with Gasteiger partial charge in [-0.3, -0.25) is 0 Å². The lowest BCUT2D eigenvalue weighted by Crippen LogP contribution is -1.89. The van der Waals surface area contributed by atoms with E-state index in [-0.39, 0.29) is 16.1 Å². The Balaban J connectivity index is 2.62. The summed E-state index contributed by atoms with van der Waals surface area (Å²) in [6, 6.07) is 10.1. The smallest absolute Gasteiger partial charge is 0.149 e. The summed E-state index contributed by atoms with van der Waals surface area (Å²) >= 11 is 5.65. The van der Waals surface area contributed by atoms with E-state index in [9.17, 15) is 8.78 Å². The maximum absolute atomic E-state index is 13.7. The van der Waals surface area contributed by atoms with E-state index in [2.05, 4.69) is 0 Å². The van der Waals surface area contributed by atoms with Gasteiger partial charge >= 0.3 is 0 Å². The Morgan fingerprint density at radius 2 is 1.88 bits per heavy atom. The standard InChI is InChI=1S/C13H6ClF2N/c14-11-3-1-2-10(13(11)16)8-4-5-12(15)9(6-8)7-17/h1-6H. The van der Waals surface area contributed by atoms with E-state index in [1.165, 1.54) is 24.3 Å². The minimum Gasteiger partial charge on any atom is -0.206 e. The molecule has 0 aromatic heterocycles. The summed E-state index contributed by atoms with van der Waals surface area (Å²) in [5, 5.41) is 8.69. The van der Waals surface area contributed by atoms with Crippen molar-refractivity contribution >= 4 is 11.6 Å². The third-order valence-electron chi connectivity index (χ3n) is 2.35. The van der Waals surface area contributed by atoms with Crippen LogP contribution in [0.1, 0.15) is 5.56 Å². The van der Waals surface area contributed by atoms with Crippen molar-refractivity contribution in [3.8, 4) is 17.2 Å². The second-order valence-electron chi connectivity index (χ2n) is 3.41. The summed E-state index contributed by atoms with van der Waals surface area (Å²) in [6.45, 7) is 0. The molecule has 0 N–H and O–H groups in total. The SMILES string of the molecule is N#Cc1cc(-c2cccc(Cl)c2F)ccc1F. The van der Waals surface area contributed by atoms with Crippen molar-refractivity contribution in [3.05, 3.63) is 58.6 Å². The van der Waals surface area contributed by atoms with Gasteiger partial charge in [-0.15, -0.1) is 0 Å². The summed E-state index contributed by atoms with van der Waals surface area (Å²) in [5.74, 6) is -1.21. The molecule has 2 aromatic rings. The number of halogens is 3. The lowest BCUT2D eigenvalue weighted by Gasteiger charge is -2.05.